The van der Waals surface area contributed by atoms with E-state index in [2.05, 4.69) is 10.6 Å². The van der Waals surface area contributed by atoms with Crippen LogP contribution in [0.4, 0.5) is 9.59 Å². The Morgan fingerprint density at radius 2 is 2.00 bits per heavy atom. The fourth-order valence-corrected chi connectivity index (χ4v) is 2.77. The van der Waals surface area contributed by atoms with Gasteiger partial charge in [-0.15, -0.1) is 0 Å². The highest BCUT2D eigenvalue weighted by molar-refractivity contribution is 6.30. The van der Waals surface area contributed by atoms with Crippen LogP contribution in [0.2, 0.25) is 5.02 Å². The summed E-state index contributed by atoms with van der Waals surface area (Å²) < 4.78 is 5.10. The molecule has 120 valence electrons. The highest BCUT2D eigenvalue weighted by Gasteiger charge is 2.43. The molecule has 0 saturated carbocycles. The zero-order chi connectivity index (χ0) is 16.6. The fourth-order valence-electron chi connectivity index (χ4n) is 2.65. The van der Waals surface area contributed by atoms with E-state index in [9.17, 15) is 14.4 Å². The van der Waals surface area contributed by atoms with Crippen molar-refractivity contribution in [2.45, 2.75) is 13.0 Å². The summed E-state index contributed by atoms with van der Waals surface area (Å²) in [6, 6.07) is 4.93. The van der Waals surface area contributed by atoms with Gasteiger partial charge in [-0.1, -0.05) is 23.7 Å². The molecular formula is C15H14ClN3O4. The van der Waals surface area contributed by atoms with Crippen LogP contribution < -0.4 is 10.6 Å². The van der Waals surface area contributed by atoms with E-state index in [1.54, 1.807) is 31.2 Å². The van der Waals surface area contributed by atoms with E-state index in [1.807, 2.05) is 0 Å². The number of carbonyl (C=O) groups excluding carboxylic acids is 3. The molecule has 1 fully saturated rings. The maximum atomic E-state index is 12.4. The average molecular weight is 336 g/mol. The predicted octanol–water partition coefficient (Wildman–Crippen LogP) is 1.95. The Labute approximate surface area is 137 Å². The van der Waals surface area contributed by atoms with Gasteiger partial charge in [-0.05, 0) is 24.6 Å². The van der Waals surface area contributed by atoms with Gasteiger partial charge in [-0.3, -0.25) is 0 Å². The van der Waals surface area contributed by atoms with Crippen molar-refractivity contribution in [3.8, 4) is 0 Å². The average Bonchev–Trinajstić information content (AvgIpc) is 2.90. The van der Waals surface area contributed by atoms with E-state index >= 15 is 0 Å². The van der Waals surface area contributed by atoms with Crippen molar-refractivity contribution in [1.29, 1.82) is 0 Å². The van der Waals surface area contributed by atoms with Crippen molar-refractivity contribution >= 4 is 29.6 Å². The van der Waals surface area contributed by atoms with Gasteiger partial charge in [0.25, 0.3) is 0 Å². The molecule has 0 bridgehead atoms. The summed E-state index contributed by atoms with van der Waals surface area (Å²) in [6.45, 7) is 1.99. The van der Waals surface area contributed by atoms with Crippen molar-refractivity contribution in [2.75, 3.05) is 13.2 Å². The summed E-state index contributed by atoms with van der Waals surface area (Å²) in [5, 5.41) is 5.75. The lowest BCUT2D eigenvalue weighted by molar-refractivity contribution is -0.139. The molecule has 1 aromatic carbocycles. The quantitative estimate of drug-likeness (QED) is 0.826. The van der Waals surface area contributed by atoms with Gasteiger partial charge in [0, 0.05) is 5.02 Å². The Morgan fingerprint density at radius 1 is 1.30 bits per heavy atom. The van der Waals surface area contributed by atoms with Crippen molar-refractivity contribution in [3.05, 3.63) is 46.1 Å². The van der Waals surface area contributed by atoms with Crippen molar-refractivity contribution in [3.63, 3.8) is 0 Å². The third kappa shape index (κ3) is 2.63. The molecular weight excluding hydrogens is 322 g/mol. The number of amides is 4. The molecule has 0 radical (unpaired) electrons. The number of ether oxygens (including phenoxy) is 1. The van der Waals surface area contributed by atoms with Crippen LogP contribution in [0.1, 0.15) is 18.5 Å². The third-order valence-electron chi connectivity index (χ3n) is 3.65. The van der Waals surface area contributed by atoms with E-state index in [4.69, 9.17) is 16.3 Å². The minimum atomic E-state index is -0.697. The molecule has 1 unspecified atom stereocenters. The van der Waals surface area contributed by atoms with E-state index < -0.39 is 24.1 Å². The molecule has 7 nitrogen and oxygen atoms in total. The van der Waals surface area contributed by atoms with E-state index in [-0.39, 0.29) is 18.7 Å². The Kier molecular flexibility index (Phi) is 3.96. The van der Waals surface area contributed by atoms with Crippen LogP contribution in [-0.4, -0.2) is 36.1 Å². The second-order valence-electron chi connectivity index (χ2n) is 5.01. The SMILES string of the molecule is CCOC(=O)C1=C2CNC(=O)N2C(=O)NC1c1ccc(Cl)cc1. The standard InChI is InChI=1S/C15H14ClN3O4/c1-2-23-13(20)11-10-7-17-14(21)19(10)15(22)18-12(11)8-3-5-9(16)6-4-8/h3-6,12H,2,7H2,1H3,(H,17,21)(H,18,22). The zero-order valence-corrected chi connectivity index (χ0v) is 13.0. The summed E-state index contributed by atoms with van der Waals surface area (Å²) in [7, 11) is 0. The van der Waals surface area contributed by atoms with Gasteiger partial charge in [0.05, 0.1) is 30.5 Å². The Bertz CT molecular complexity index is 714. The monoisotopic (exact) mass is 335 g/mol. The number of nitrogens with zero attached hydrogens (tertiary/aromatic N) is 1. The van der Waals surface area contributed by atoms with E-state index in [1.165, 1.54) is 0 Å². The lowest BCUT2D eigenvalue weighted by Gasteiger charge is -2.31. The molecule has 0 aromatic heterocycles. The first-order chi connectivity index (χ1) is 11.0. The molecule has 23 heavy (non-hydrogen) atoms. The number of urea groups is 2. The maximum absolute atomic E-state index is 12.4. The number of hydrogen-bond donors (Lipinski definition) is 2. The van der Waals surface area contributed by atoms with Crippen molar-refractivity contribution in [2.24, 2.45) is 0 Å². The first-order valence-corrected chi connectivity index (χ1v) is 7.44. The number of esters is 1. The minimum Gasteiger partial charge on any atom is -0.463 e. The number of hydrogen-bond acceptors (Lipinski definition) is 4. The molecule has 0 spiro atoms. The number of fused-ring (bicyclic) bond motifs is 1. The molecule has 1 aromatic rings. The van der Waals surface area contributed by atoms with E-state index in [0.717, 1.165) is 4.90 Å². The van der Waals surface area contributed by atoms with Gasteiger partial charge in [0.2, 0.25) is 0 Å². The smallest absolute Gasteiger partial charge is 0.338 e. The highest BCUT2D eigenvalue weighted by Crippen LogP contribution is 2.33. The van der Waals surface area contributed by atoms with Crippen LogP contribution in [0.25, 0.3) is 0 Å². The van der Waals surface area contributed by atoms with Crippen LogP contribution in [-0.2, 0) is 9.53 Å². The van der Waals surface area contributed by atoms with E-state index in [0.29, 0.717) is 16.3 Å². The molecule has 1 saturated heterocycles. The number of benzene rings is 1. The molecule has 2 aliphatic heterocycles. The van der Waals surface area contributed by atoms with Gasteiger partial charge in [-0.2, -0.15) is 0 Å². The summed E-state index contributed by atoms with van der Waals surface area (Å²) in [6.07, 6.45) is 0. The lowest BCUT2D eigenvalue weighted by Crippen LogP contribution is -2.48. The third-order valence-corrected chi connectivity index (χ3v) is 3.90. The molecule has 2 N–H and O–H groups in total. The van der Waals surface area contributed by atoms with Crippen LogP contribution in [0.5, 0.6) is 0 Å². The molecule has 4 amide bonds. The van der Waals surface area contributed by atoms with Crippen molar-refractivity contribution < 1.29 is 19.1 Å². The summed E-state index contributed by atoms with van der Waals surface area (Å²) in [5.41, 5.74) is 1.24. The summed E-state index contributed by atoms with van der Waals surface area (Å²) in [4.78, 5) is 37.3. The number of carbonyl (C=O) groups is 3. The lowest BCUT2D eigenvalue weighted by atomic mass is 9.95. The largest absolute Gasteiger partial charge is 0.463 e. The first-order valence-electron chi connectivity index (χ1n) is 7.07. The molecule has 0 aliphatic carbocycles. The van der Waals surface area contributed by atoms with Gasteiger partial charge in [0.15, 0.2) is 0 Å². The summed E-state index contributed by atoms with van der Waals surface area (Å²) >= 11 is 5.88. The second-order valence-corrected chi connectivity index (χ2v) is 5.45. The Hall–Kier alpha value is -2.54. The first kappa shape index (κ1) is 15.4. The molecule has 2 heterocycles. The van der Waals surface area contributed by atoms with Gasteiger partial charge in [-0.25, -0.2) is 19.3 Å². The molecule has 8 heteroatoms. The van der Waals surface area contributed by atoms with Crippen LogP contribution in [0, 0.1) is 0 Å². The predicted molar refractivity (Wildman–Crippen MR) is 81.6 cm³/mol. The fraction of sp³-hybridized carbons (Fsp3) is 0.267. The number of rotatable bonds is 3. The van der Waals surface area contributed by atoms with Gasteiger partial charge < -0.3 is 15.4 Å². The number of halogens is 1. The zero-order valence-electron chi connectivity index (χ0n) is 12.3. The topological polar surface area (TPSA) is 87.7 Å². The summed E-state index contributed by atoms with van der Waals surface area (Å²) in [5.74, 6) is -0.566. The Balaban J connectivity index is 2.10. The van der Waals surface area contributed by atoms with Crippen LogP contribution in [0.3, 0.4) is 0 Å². The number of nitrogens with one attached hydrogen (secondary N) is 2. The van der Waals surface area contributed by atoms with Gasteiger partial charge in [0.1, 0.15) is 0 Å². The normalized spacial score (nSPS) is 20.1. The molecule has 1 atom stereocenters. The van der Waals surface area contributed by atoms with Crippen molar-refractivity contribution in [1.82, 2.24) is 15.5 Å². The highest BCUT2D eigenvalue weighted by atomic mass is 35.5. The molecule has 3 rings (SSSR count). The maximum Gasteiger partial charge on any atom is 0.338 e. The van der Waals surface area contributed by atoms with Crippen LogP contribution in [0.15, 0.2) is 35.5 Å². The second kappa shape index (κ2) is 5.92. The Morgan fingerprint density at radius 3 is 2.65 bits per heavy atom. The van der Waals surface area contributed by atoms with Gasteiger partial charge >= 0.3 is 18.0 Å². The molecule has 2 aliphatic rings. The minimum absolute atomic E-state index is 0.102. The number of imide groups is 1. The van der Waals surface area contributed by atoms with Crippen LogP contribution >= 0.6 is 11.6 Å².